The molecule has 8 nitrogen and oxygen atoms in total. The van der Waals surface area contributed by atoms with Crippen LogP contribution in [0, 0.1) is 0 Å². The Kier molecular flexibility index (Phi) is 7.28. The van der Waals surface area contributed by atoms with Gasteiger partial charge in [-0.15, -0.1) is 6.58 Å². The Hall–Kier alpha value is -1.94. The number of fused-ring (bicyclic) bond motifs is 1. The summed E-state index contributed by atoms with van der Waals surface area (Å²) in [5.74, 6) is 0.455. The van der Waals surface area contributed by atoms with Gasteiger partial charge in [0.1, 0.15) is 30.2 Å². The molecule has 5 N–H and O–H groups in total. The van der Waals surface area contributed by atoms with Gasteiger partial charge in [0.05, 0.1) is 12.1 Å². The number of ether oxygens (including phenoxy) is 2. The number of benzene rings is 1. The third-order valence-corrected chi connectivity index (χ3v) is 5.39. The first-order valence-electron chi connectivity index (χ1n) is 9.89. The number of likely N-dealkylation sites (N-methyl/N-ethyl adjacent to an activating group) is 1. The molecule has 1 aliphatic heterocycles. The average molecular weight is 406 g/mol. The van der Waals surface area contributed by atoms with Gasteiger partial charge >= 0.3 is 0 Å². The van der Waals surface area contributed by atoms with Gasteiger partial charge < -0.3 is 34.9 Å². The fraction of sp³-hybridized carbons (Fsp3) is 0.524. The topological polar surface area (TPSA) is 118 Å². The van der Waals surface area contributed by atoms with Crippen LogP contribution in [0.25, 0.3) is 10.9 Å². The summed E-state index contributed by atoms with van der Waals surface area (Å²) in [7, 11) is 0. The molecular weight excluding hydrogens is 376 g/mol. The van der Waals surface area contributed by atoms with Crippen molar-refractivity contribution in [1.29, 1.82) is 0 Å². The smallest absolute Gasteiger partial charge is 0.229 e. The van der Waals surface area contributed by atoms with Crippen LogP contribution in [0.5, 0.6) is 5.75 Å². The van der Waals surface area contributed by atoms with Crippen LogP contribution in [0.1, 0.15) is 12.5 Å². The summed E-state index contributed by atoms with van der Waals surface area (Å²) in [6.45, 7) is 8.09. The molecule has 2 heterocycles. The Morgan fingerprint density at radius 1 is 1.24 bits per heavy atom. The molecule has 5 atom stereocenters. The summed E-state index contributed by atoms with van der Waals surface area (Å²) in [5, 5.41) is 40.4. The second kappa shape index (κ2) is 9.71. The van der Waals surface area contributed by atoms with Crippen LogP contribution in [-0.4, -0.2) is 87.3 Å². The van der Waals surface area contributed by atoms with Crippen molar-refractivity contribution in [1.82, 2.24) is 9.88 Å². The molecule has 160 valence electrons. The Morgan fingerprint density at radius 3 is 2.72 bits per heavy atom. The van der Waals surface area contributed by atoms with Crippen LogP contribution in [0.2, 0.25) is 0 Å². The van der Waals surface area contributed by atoms with Gasteiger partial charge in [-0.2, -0.15) is 0 Å². The molecule has 0 spiro atoms. The zero-order valence-corrected chi connectivity index (χ0v) is 16.6. The highest BCUT2D eigenvalue weighted by atomic mass is 16.7. The highest BCUT2D eigenvalue weighted by Crippen LogP contribution is 2.31. The number of nitrogens with zero attached hydrogens (tertiary/aromatic N) is 1. The minimum atomic E-state index is -1.48. The van der Waals surface area contributed by atoms with E-state index in [1.165, 1.54) is 0 Å². The first-order valence-corrected chi connectivity index (χ1v) is 9.89. The lowest BCUT2D eigenvalue weighted by atomic mass is 9.99. The monoisotopic (exact) mass is 406 g/mol. The Bertz CT molecular complexity index is 808. The van der Waals surface area contributed by atoms with Crippen molar-refractivity contribution in [3.63, 3.8) is 0 Å². The highest BCUT2D eigenvalue weighted by molar-refractivity contribution is 5.88. The standard InChI is InChI=1S/C21H30N2O6/c1-3-9-23(4-2)10-8-13-11-22-17-14(13)6-5-7-15(17)28-21-20(27)19(26)18(25)16(12-24)29-21/h3,5-7,11,16,18-22,24-27H,1,4,8-10,12H2,2H3. The normalized spacial score (nSPS) is 27.4. The van der Waals surface area contributed by atoms with E-state index < -0.39 is 37.3 Å². The second-order valence-corrected chi connectivity index (χ2v) is 7.24. The summed E-state index contributed by atoms with van der Waals surface area (Å²) in [6.07, 6.45) is -1.89. The Labute approximate surface area is 170 Å². The fourth-order valence-electron chi connectivity index (χ4n) is 3.62. The van der Waals surface area contributed by atoms with Gasteiger partial charge in [-0.3, -0.25) is 4.90 Å². The minimum absolute atomic E-state index is 0.455. The van der Waals surface area contributed by atoms with Crippen molar-refractivity contribution in [3.05, 3.63) is 42.6 Å². The predicted molar refractivity (Wildman–Crippen MR) is 109 cm³/mol. The quantitative estimate of drug-likeness (QED) is 0.383. The molecule has 0 saturated carbocycles. The van der Waals surface area contributed by atoms with E-state index in [1.54, 1.807) is 6.07 Å². The number of aromatic nitrogens is 1. The van der Waals surface area contributed by atoms with E-state index in [1.807, 2.05) is 24.4 Å². The molecule has 2 aromatic rings. The van der Waals surface area contributed by atoms with Crippen molar-refractivity contribution in [2.24, 2.45) is 0 Å². The van der Waals surface area contributed by atoms with Crippen molar-refractivity contribution in [3.8, 4) is 5.75 Å². The lowest BCUT2D eigenvalue weighted by Crippen LogP contribution is -2.60. The molecule has 5 unspecified atom stereocenters. The molecule has 1 aliphatic rings. The zero-order chi connectivity index (χ0) is 21.0. The number of para-hydroxylation sites is 1. The first kappa shape index (κ1) is 21.8. The number of rotatable bonds is 9. The average Bonchev–Trinajstić information content (AvgIpc) is 3.15. The number of aromatic amines is 1. The minimum Gasteiger partial charge on any atom is -0.460 e. The maximum atomic E-state index is 10.2. The number of H-pyrrole nitrogens is 1. The molecule has 0 aliphatic carbocycles. The van der Waals surface area contributed by atoms with Crippen LogP contribution in [-0.2, 0) is 11.2 Å². The number of aliphatic hydroxyl groups is 4. The van der Waals surface area contributed by atoms with Crippen molar-refractivity contribution in [2.75, 3.05) is 26.2 Å². The summed E-state index contributed by atoms with van der Waals surface area (Å²) >= 11 is 0. The van der Waals surface area contributed by atoms with Gasteiger partial charge in [0, 0.05) is 24.7 Å². The summed E-state index contributed by atoms with van der Waals surface area (Å²) in [5.41, 5.74) is 1.90. The molecule has 0 amide bonds. The van der Waals surface area contributed by atoms with Crippen molar-refractivity contribution in [2.45, 2.75) is 44.1 Å². The Morgan fingerprint density at radius 2 is 2.03 bits per heavy atom. The van der Waals surface area contributed by atoms with Gasteiger partial charge in [0.25, 0.3) is 0 Å². The van der Waals surface area contributed by atoms with E-state index in [2.05, 4.69) is 23.4 Å². The van der Waals surface area contributed by atoms with Crippen LogP contribution in [0.15, 0.2) is 37.1 Å². The Balaban J connectivity index is 1.77. The van der Waals surface area contributed by atoms with Crippen molar-refractivity contribution >= 4 is 10.9 Å². The van der Waals surface area contributed by atoms with Gasteiger partial charge in [-0.05, 0) is 24.6 Å². The van der Waals surface area contributed by atoms with Crippen LogP contribution >= 0.6 is 0 Å². The summed E-state index contributed by atoms with van der Waals surface area (Å²) < 4.78 is 11.3. The predicted octanol–water partition coefficient (Wildman–Crippen LogP) is 0.397. The number of hydrogen-bond acceptors (Lipinski definition) is 7. The maximum absolute atomic E-state index is 10.2. The lowest BCUT2D eigenvalue weighted by molar-refractivity contribution is -0.277. The molecule has 1 saturated heterocycles. The largest absolute Gasteiger partial charge is 0.460 e. The van der Waals surface area contributed by atoms with Crippen molar-refractivity contribution < 1.29 is 29.9 Å². The van der Waals surface area contributed by atoms with E-state index >= 15 is 0 Å². The van der Waals surface area contributed by atoms with Gasteiger partial charge in [-0.1, -0.05) is 25.1 Å². The van der Waals surface area contributed by atoms with E-state index in [9.17, 15) is 20.4 Å². The first-order chi connectivity index (χ1) is 14.0. The highest BCUT2D eigenvalue weighted by Gasteiger charge is 2.44. The molecule has 29 heavy (non-hydrogen) atoms. The van der Waals surface area contributed by atoms with E-state index in [4.69, 9.17) is 9.47 Å². The molecule has 1 aromatic carbocycles. The zero-order valence-electron chi connectivity index (χ0n) is 16.6. The number of hydrogen-bond donors (Lipinski definition) is 5. The third kappa shape index (κ3) is 4.63. The van der Waals surface area contributed by atoms with E-state index in [0.29, 0.717) is 5.75 Å². The number of nitrogens with one attached hydrogen (secondary N) is 1. The molecular formula is C21H30N2O6. The van der Waals surface area contributed by atoms with Crippen LogP contribution < -0.4 is 4.74 Å². The molecule has 3 rings (SSSR count). The molecule has 1 aromatic heterocycles. The third-order valence-electron chi connectivity index (χ3n) is 5.39. The maximum Gasteiger partial charge on any atom is 0.229 e. The lowest BCUT2D eigenvalue weighted by Gasteiger charge is -2.39. The van der Waals surface area contributed by atoms with Gasteiger partial charge in [0.2, 0.25) is 6.29 Å². The van der Waals surface area contributed by atoms with E-state index in [-0.39, 0.29) is 0 Å². The van der Waals surface area contributed by atoms with E-state index in [0.717, 1.165) is 42.5 Å². The fourth-order valence-corrected chi connectivity index (χ4v) is 3.62. The molecule has 8 heteroatoms. The molecule has 1 fully saturated rings. The van der Waals surface area contributed by atoms with Gasteiger partial charge in [0.15, 0.2) is 0 Å². The summed E-state index contributed by atoms with van der Waals surface area (Å²) in [6, 6.07) is 5.57. The molecule has 0 radical (unpaired) electrons. The van der Waals surface area contributed by atoms with Crippen LogP contribution in [0.3, 0.4) is 0 Å². The second-order valence-electron chi connectivity index (χ2n) is 7.24. The molecule has 0 bridgehead atoms. The van der Waals surface area contributed by atoms with Gasteiger partial charge in [-0.25, -0.2) is 0 Å². The van der Waals surface area contributed by atoms with Crippen LogP contribution in [0.4, 0.5) is 0 Å². The summed E-state index contributed by atoms with van der Waals surface area (Å²) in [4.78, 5) is 5.51. The number of aliphatic hydroxyl groups excluding tert-OH is 4. The SMILES string of the molecule is C=CCN(CC)CCc1c[nH]c2c(OC3OC(CO)C(O)C(O)C3O)cccc12.